The van der Waals surface area contributed by atoms with Crippen molar-refractivity contribution in [2.75, 3.05) is 26.8 Å². The number of rotatable bonds is 6. The molecule has 0 amide bonds. The van der Waals surface area contributed by atoms with E-state index in [1.54, 1.807) is 7.11 Å². The van der Waals surface area contributed by atoms with Crippen LogP contribution in [0.1, 0.15) is 30.9 Å². The Labute approximate surface area is 130 Å². The minimum Gasteiger partial charge on any atom is -0.395 e. The molecule has 3 nitrogen and oxygen atoms in total. The molecule has 0 radical (unpaired) electrons. The van der Waals surface area contributed by atoms with Crippen LogP contribution in [-0.2, 0) is 17.6 Å². The van der Waals surface area contributed by atoms with E-state index in [-0.39, 0.29) is 6.61 Å². The Kier molecular flexibility index (Phi) is 6.63. The first-order valence-corrected chi connectivity index (χ1v) is 8.50. The molecule has 0 aromatic heterocycles. The zero-order valence-corrected chi connectivity index (χ0v) is 14.4. The monoisotopic (exact) mass is 309 g/mol. The van der Waals surface area contributed by atoms with Crippen LogP contribution in [0.25, 0.3) is 0 Å². The van der Waals surface area contributed by atoms with E-state index in [1.165, 1.54) is 16.4 Å². The van der Waals surface area contributed by atoms with Gasteiger partial charge >= 0.3 is 0 Å². The van der Waals surface area contributed by atoms with Crippen LogP contribution in [-0.4, -0.2) is 49.0 Å². The average molecular weight is 309 g/mol. The minimum absolute atomic E-state index is 0.249. The molecule has 1 aromatic rings. The number of ether oxygens (including phenoxy) is 1. The molecule has 21 heavy (non-hydrogen) atoms. The molecule has 0 bridgehead atoms. The summed E-state index contributed by atoms with van der Waals surface area (Å²) in [4.78, 5) is 2.38. The largest absolute Gasteiger partial charge is 0.395 e. The maximum Gasteiger partial charge on any atom is 0.0698 e. The van der Waals surface area contributed by atoms with Gasteiger partial charge in [-0.05, 0) is 42.1 Å². The molecular weight excluding hydrogens is 281 g/mol. The molecular formula is C17H28NO2P. The molecule has 1 aliphatic heterocycles. The van der Waals surface area contributed by atoms with Gasteiger partial charge < -0.3 is 9.84 Å². The second-order valence-corrected chi connectivity index (χ2v) is 6.53. The van der Waals surface area contributed by atoms with Gasteiger partial charge in [0.15, 0.2) is 0 Å². The van der Waals surface area contributed by atoms with E-state index in [9.17, 15) is 5.11 Å². The smallest absolute Gasteiger partial charge is 0.0698 e. The Morgan fingerprint density at radius 2 is 2.19 bits per heavy atom. The number of nitrogens with zero attached hydrogens (tertiary/aromatic N) is 1. The number of aryl methyl sites for hydroxylation is 1. The van der Waals surface area contributed by atoms with Crippen LogP contribution in [0.3, 0.4) is 0 Å². The second kappa shape index (κ2) is 8.24. The van der Waals surface area contributed by atoms with E-state index in [1.807, 2.05) is 0 Å². The van der Waals surface area contributed by atoms with E-state index in [4.69, 9.17) is 4.74 Å². The van der Waals surface area contributed by atoms with E-state index in [2.05, 4.69) is 39.3 Å². The number of aliphatic hydroxyl groups excluding tert-OH is 1. The van der Waals surface area contributed by atoms with Gasteiger partial charge in [0.25, 0.3) is 0 Å². The molecule has 1 saturated heterocycles. The zero-order chi connectivity index (χ0) is 15.2. The van der Waals surface area contributed by atoms with Crippen molar-refractivity contribution < 1.29 is 9.84 Å². The van der Waals surface area contributed by atoms with Crippen LogP contribution in [0.4, 0.5) is 0 Å². The first-order chi connectivity index (χ1) is 10.2. The van der Waals surface area contributed by atoms with Gasteiger partial charge in [0.1, 0.15) is 0 Å². The molecule has 0 saturated carbocycles. The van der Waals surface area contributed by atoms with Crippen LogP contribution in [0.5, 0.6) is 0 Å². The Morgan fingerprint density at radius 1 is 1.38 bits per heavy atom. The van der Waals surface area contributed by atoms with Crippen molar-refractivity contribution in [1.82, 2.24) is 4.90 Å². The van der Waals surface area contributed by atoms with Crippen molar-refractivity contribution in [3.05, 3.63) is 29.3 Å². The molecule has 118 valence electrons. The Balaban J connectivity index is 1.96. The SMILES string of the molecule is CCc1ccc(CCN2C[C@H](OC)CC[C@@H]2CO)c(P)c1. The average Bonchev–Trinajstić information content (AvgIpc) is 2.53. The van der Waals surface area contributed by atoms with Gasteiger partial charge in [0.2, 0.25) is 0 Å². The molecule has 0 spiro atoms. The molecule has 1 fully saturated rings. The molecule has 1 aliphatic rings. The summed E-state index contributed by atoms with van der Waals surface area (Å²) in [6.07, 6.45) is 4.49. The molecule has 4 heteroatoms. The predicted octanol–water partition coefficient (Wildman–Crippen LogP) is 1.76. The summed E-state index contributed by atoms with van der Waals surface area (Å²) >= 11 is 0. The fraction of sp³-hybridized carbons (Fsp3) is 0.647. The highest BCUT2D eigenvalue weighted by molar-refractivity contribution is 7.27. The Bertz CT molecular complexity index is 452. The highest BCUT2D eigenvalue weighted by atomic mass is 31.0. The standard InChI is InChI=1S/C17H28NO2P/c1-3-13-4-5-14(17(21)10-13)8-9-18-11-16(20-2)7-6-15(18)12-19/h4-5,10,15-16,19H,3,6-9,11-12,21H2,1-2H3/t15-,16-/m1/s1. The van der Waals surface area contributed by atoms with E-state index in [0.29, 0.717) is 12.1 Å². The number of methoxy groups -OCH3 is 1. The lowest BCUT2D eigenvalue weighted by atomic mass is 9.99. The highest BCUT2D eigenvalue weighted by Crippen LogP contribution is 2.19. The number of aliphatic hydroxyl groups is 1. The van der Waals surface area contributed by atoms with Gasteiger partial charge in [-0.3, -0.25) is 4.90 Å². The molecule has 3 atom stereocenters. The lowest BCUT2D eigenvalue weighted by Crippen LogP contribution is -2.48. The van der Waals surface area contributed by atoms with Crippen molar-refractivity contribution in [3.8, 4) is 0 Å². The summed E-state index contributed by atoms with van der Waals surface area (Å²) in [5, 5.41) is 10.9. The highest BCUT2D eigenvalue weighted by Gasteiger charge is 2.27. The molecule has 1 N–H and O–H groups in total. The number of hydrogen-bond donors (Lipinski definition) is 1. The third-order valence-electron chi connectivity index (χ3n) is 4.61. The van der Waals surface area contributed by atoms with Gasteiger partial charge in [-0.15, -0.1) is 9.24 Å². The summed E-state index contributed by atoms with van der Waals surface area (Å²) in [5.74, 6) is 0. The van der Waals surface area contributed by atoms with Crippen molar-refractivity contribution in [2.45, 2.75) is 44.8 Å². The van der Waals surface area contributed by atoms with Crippen molar-refractivity contribution in [3.63, 3.8) is 0 Å². The molecule has 1 unspecified atom stereocenters. The quantitative estimate of drug-likeness (QED) is 0.813. The lowest BCUT2D eigenvalue weighted by molar-refractivity contribution is -0.00870. The van der Waals surface area contributed by atoms with Crippen LogP contribution in [0.15, 0.2) is 18.2 Å². The first-order valence-electron chi connectivity index (χ1n) is 7.92. The summed E-state index contributed by atoms with van der Waals surface area (Å²) < 4.78 is 5.49. The number of hydrogen-bond acceptors (Lipinski definition) is 3. The molecule has 2 rings (SSSR count). The Morgan fingerprint density at radius 3 is 2.81 bits per heavy atom. The van der Waals surface area contributed by atoms with Crippen molar-refractivity contribution >= 4 is 14.5 Å². The lowest BCUT2D eigenvalue weighted by Gasteiger charge is -2.38. The molecule has 1 heterocycles. The van der Waals surface area contributed by atoms with E-state index >= 15 is 0 Å². The fourth-order valence-electron chi connectivity index (χ4n) is 3.09. The zero-order valence-electron chi connectivity index (χ0n) is 13.2. The number of piperidine rings is 1. The van der Waals surface area contributed by atoms with Gasteiger partial charge in [-0.2, -0.15) is 0 Å². The van der Waals surface area contributed by atoms with Gasteiger partial charge in [-0.25, -0.2) is 0 Å². The van der Waals surface area contributed by atoms with Gasteiger partial charge in [-0.1, -0.05) is 25.1 Å². The van der Waals surface area contributed by atoms with Crippen LogP contribution in [0.2, 0.25) is 0 Å². The van der Waals surface area contributed by atoms with Gasteiger partial charge in [0.05, 0.1) is 12.7 Å². The van der Waals surface area contributed by atoms with E-state index < -0.39 is 0 Å². The topological polar surface area (TPSA) is 32.7 Å². The molecule has 0 aliphatic carbocycles. The maximum absolute atomic E-state index is 9.55. The summed E-state index contributed by atoms with van der Waals surface area (Å²) in [5.41, 5.74) is 2.77. The maximum atomic E-state index is 9.55. The fourth-order valence-corrected chi connectivity index (χ4v) is 3.55. The first kappa shape index (κ1) is 16.9. The van der Waals surface area contributed by atoms with Crippen molar-refractivity contribution in [1.29, 1.82) is 0 Å². The molecule has 1 aromatic carbocycles. The van der Waals surface area contributed by atoms with Crippen LogP contribution < -0.4 is 5.30 Å². The Hall–Kier alpha value is -0.470. The van der Waals surface area contributed by atoms with Gasteiger partial charge in [0, 0.05) is 26.2 Å². The third-order valence-corrected chi connectivity index (χ3v) is 5.14. The second-order valence-electron chi connectivity index (χ2n) is 5.90. The van der Waals surface area contributed by atoms with E-state index in [0.717, 1.165) is 38.8 Å². The minimum atomic E-state index is 0.249. The van der Waals surface area contributed by atoms with Crippen molar-refractivity contribution in [2.24, 2.45) is 0 Å². The summed E-state index contributed by atoms with van der Waals surface area (Å²) in [7, 11) is 4.64. The summed E-state index contributed by atoms with van der Waals surface area (Å²) in [6.45, 7) is 4.35. The summed E-state index contributed by atoms with van der Waals surface area (Å²) in [6, 6.07) is 7.02. The normalized spacial score (nSPS) is 23.4. The predicted molar refractivity (Wildman–Crippen MR) is 91.3 cm³/mol. The number of likely N-dealkylation sites (tertiary alicyclic amines) is 1. The van der Waals surface area contributed by atoms with Crippen LogP contribution in [0, 0.1) is 0 Å². The number of benzene rings is 1. The van der Waals surface area contributed by atoms with Crippen LogP contribution >= 0.6 is 9.24 Å². The third kappa shape index (κ3) is 4.50.